The first kappa shape index (κ1) is 15.1. The van der Waals surface area contributed by atoms with Crippen molar-refractivity contribution in [1.29, 1.82) is 0 Å². The number of hydrogen-bond acceptors (Lipinski definition) is 5. The molecule has 2 aliphatic heterocycles. The quantitative estimate of drug-likeness (QED) is 0.882. The van der Waals surface area contributed by atoms with Crippen LogP contribution in [0.4, 0.5) is 0 Å². The summed E-state index contributed by atoms with van der Waals surface area (Å²) < 4.78 is 34.3. The lowest BCUT2D eigenvalue weighted by atomic mass is 10.0. The molecule has 7 heteroatoms. The fourth-order valence-corrected chi connectivity index (χ4v) is 4.85. The third-order valence-corrected chi connectivity index (χ3v) is 5.83. The van der Waals surface area contributed by atoms with Crippen LogP contribution in [0.3, 0.4) is 0 Å². The first-order valence-corrected chi connectivity index (χ1v) is 9.12. The number of ether oxygens (including phenoxy) is 2. The number of sulfone groups is 1. The van der Waals surface area contributed by atoms with Crippen molar-refractivity contribution in [3.63, 3.8) is 0 Å². The number of carbonyl (C=O) groups excluding carboxylic acids is 1. The Kier molecular flexibility index (Phi) is 3.76. The molecule has 0 aromatic heterocycles. The number of carbonyl (C=O) groups is 1. The molecule has 1 aromatic carbocycles. The van der Waals surface area contributed by atoms with E-state index < -0.39 is 15.4 Å². The van der Waals surface area contributed by atoms with E-state index in [2.05, 4.69) is 5.32 Å². The van der Waals surface area contributed by atoms with E-state index in [1.165, 1.54) is 0 Å². The molecular weight excluding hydrogens is 306 g/mol. The number of nitrogens with one attached hydrogen (secondary N) is 1. The van der Waals surface area contributed by atoms with Gasteiger partial charge >= 0.3 is 0 Å². The molecule has 1 saturated heterocycles. The van der Waals surface area contributed by atoms with Crippen LogP contribution in [-0.2, 0) is 9.84 Å². The highest BCUT2D eigenvalue weighted by molar-refractivity contribution is 7.91. The molecule has 1 amide bonds. The number of benzene rings is 1. The van der Waals surface area contributed by atoms with Gasteiger partial charge in [0.2, 0.25) is 0 Å². The van der Waals surface area contributed by atoms with Crippen molar-refractivity contribution in [2.24, 2.45) is 0 Å². The van der Waals surface area contributed by atoms with Gasteiger partial charge in [0.25, 0.3) is 5.91 Å². The second kappa shape index (κ2) is 5.46. The monoisotopic (exact) mass is 325 g/mol. The second-order valence-electron chi connectivity index (χ2n) is 6.07. The maximum atomic E-state index is 12.4. The van der Waals surface area contributed by atoms with Gasteiger partial charge in [0.15, 0.2) is 21.3 Å². The molecule has 1 atom stereocenters. The van der Waals surface area contributed by atoms with E-state index in [0.29, 0.717) is 36.7 Å². The van der Waals surface area contributed by atoms with Gasteiger partial charge in [0.1, 0.15) is 0 Å². The van der Waals surface area contributed by atoms with Crippen molar-refractivity contribution in [2.45, 2.75) is 25.3 Å². The third-order valence-electron chi connectivity index (χ3n) is 3.93. The van der Waals surface area contributed by atoms with Crippen LogP contribution in [-0.4, -0.2) is 44.6 Å². The summed E-state index contributed by atoms with van der Waals surface area (Å²) in [5.41, 5.74) is -0.269. The lowest BCUT2D eigenvalue weighted by Gasteiger charge is -2.24. The van der Waals surface area contributed by atoms with Crippen molar-refractivity contribution in [2.75, 3.05) is 24.7 Å². The predicted octanol–water partition coefficient (Wildman–Crippen LogP) is 1.15. The smallest absolute Gasteiger partial charge is 0.251 e. The molecule has 1 aromatic rings. The lowest BCUT2D eigenvalue weighted by Crippen LogP contribution is -2.46. The topological polar surface area (TPSA) is 81.7 Å². The van der Waals surface area contributed by atoms with Crippen LogP contribution >= 0.6 is 0 Å². The third kappa shape index (κ3) is 3.19. The van der Waals surface area contributed by atoms with E-state index in [1.807, 2.05) is 0 Å². The van der Waals surface area contributed by atoms with Crippen LogP contribution in [0.2, 0.25) is 0 Å². The van der Waals surface area contributed by atoms with Crippen molar-refractivity contribution in [1.82, 2.24) is 5.32 Å². The summed E-state index contributed by atoms with van der Waals surface area (Å²) in [6.45, 7) is 2.90. The zero-order valence-electron chi connectivity index (χ0n) is 12.4. The predicted molar refractivity (Wildman–Crippen MR) is 81.2 cm³/mol. The Hall–Kier alpha value is -1.76. The first-order valence-electron chi connectivity index (χ1n) is 7.30. The van der Waals surface area contributed by atoms with Crippen molar-refractivity contribution < 1.29 is 22.7 Å². The number of hydrogen-bond donors (Lipinski definition) is 1. The van der Waals surface area contributed by atoms with E-state index in [-0.39, 0.29) is 17.4 Å². The molecule has 3 rings (SSSR count). The average Bonchev–Trinajstić information content (AvgIpc) is 2.64. The molecule has 0 spiro atoms. The second-order valence-corrected chi connectivity index (χ2v) is 8.25. The van der Waals surface area contributed by atoms with Crippen LogP contribution in [0.15, 0.2) is 18.2 Å². The molecule has 1 N–H and O–H groups in total. The summed E-state index contributed by atoms with van der Waals surface area (Å²) in [4.78, 5) is 12.4. The Morgan fingerprint density at radius 3 is 2.64 bits per heavy atom. The highest BCUT2D eigenvalue weighted by Crippen LogP contribution is 2.31. The highest BCUT2D eigenvalue weighted by Gasteiger charge is 2.39. The zero-order chi connectivity index (χ0) is 15.8. The van der Waals surface area contributed by atoms with Gasteiger partial charge in [-0.25, -0.2) is 8.42 Å². The molecular formula is C15H19NO5S. The van der Waals surface area contributed by atoms with Gasteiger partial charge in [-0.1, -0.05) is 0 Å². The Morgan fingerprint density at radius 2 is 1.95 bits per heavy atom. The van der Waals surface area contributed by atoms with Gasteiger partial charge in [-0.05, 0) is 31.5 Å². The van der Waals surface area contributed by atoms with Crippen LogP contribution in [0.5, 0.6) is 11.5 Å². The van der Waals surface area contributed by atoms with E-state index in [4.69, 9.17) is 9.47 Å². The van der Waals surface area contributed by atoms with E-state index in [9.17, 15) is 13.2 Å². The largest absolute Gasteiger partial charge is 0.490 e. The fraction of sp³-hybridized carbons (Fsp3) is 0.533. The minimum absolute atomic E-state index is 0.0176. The molecule has 0 saturated carbocycles. The Bertz CT molecular complexity index is 700. The van der Waals surface area contributed by atoms with Gasteiger partial charge in [-0.15, -0.1) is 0 Å². The van der Waals surface area contributed by atoms with E-state index in [0.717, 1.165) is 6.42 Å². The van der Waals surface area contributed by atoms with Crippen molar-refractivity contribution in [3.8, 4) is 11.5 Å². The van der Waals surface area contributed by atoms with Gasteiger partial charge in [-0.2, -0.15) is 0 Å². The van der Waals surface area contributed by atoms with E-state index in [1.54, 1.807) is 25.1 Å². The van der Waals surface area contributed by atoms with Gasteiger partial charge in [-0.3, -0.25) is 4.79 Å². The summed E-state index contributed by atoms with van der Waals surface area (Å²) in [6, 6.07) is 5.02. The Labute approximate surface area is 129 Å². The minimum Gasteiger partial charge on any atom is -0.490 e. The molecule has 0 unspecified atom stereocenters. The molecule has 120 valence electrons. The van der Waals surface area contributed by atoms with E-state index >= 15 is 0 Å². The molecule has 1 fully saturated rings. The average molecular weight is 325 g/mol. The summed E-state index contributed by atoms with van der Waals surface area (Å²) in [6.07, 6.45) is 1.23. The Morgan fingerprint density at radius 1 is 1.23 bits per heavy atom. The van der Waals surface area contributed by atoms with Crippen LogP contribution in [0.25, 0.3) is 0 Å². The van der Waals surface area contributed by atoms with Crippen LogP contribution in [0, 0.1) is 0 Å². The van der Waals surface area contributed by atoms with Crippen LogP contribution < -0.4 is 14.8 Å². The molecule has 6 nitrogen and oxygen atoms in total. The standard InChI is InChI=1S/C15H19NO5S/c1-15(5-8-22(18,19)10-15)16-14(17)11-3-4-12-13(9-11)21-7-2-6-20-12/h3-4,9H,2,5-8,10H2,1H3,(H,16,17)/t15-/m1/s1. The lowest BCUT2D eigenvalue weighted by molar-refractivity contribution is 0.0915. The van der Waals surface area contributed by atoms with Gasteiger partial charge in [0, 0.05) is 12.0 Å². The van der Waals surface area contributed by atoms with Crippen molar-refractivity contribution in [3.05, 3.63) is 23.8 Å². The molecule has 0 aliphatic carbocycles. The molecule has 2 aliphatic rings. The first-order chi connectivity index (χ1) is 10.4. The summed E-state index contributed by atoms with van der Waals surface area (Å²) in [5.74, 6) is 0.981. The van der Waals surface area contributed by atoms with Crippen molar-refractivity contribution >= 4 is 15.7 Å². The highest BCUT2D eigenvalue weighted by atomic mass is 32.2. The zero-order valence-corrected chi connectivity index (χ0v) is 13.2. The molecule has 0 bridgehead atoms. The van der Waals surface area contributed by atoms with Crippen LogP contribution in [0.1, 0.15) is 30.1 Å². The molecule has 2 heterocycles. The molecule has 0 radical (unpaired) electrons. The number of amides is 1. The molecule has 22 heavy (non-hydrogen) atoms. The Balaban J connectivity index is 1.77. The maximum absolute atomic E-state index is 12.4. The SMILES string of the molecule is C[C@@]1(NC(=O)c2ccc3c(c2)OCCCO3)CCS(=O)(=O)C1. The maximum Gasteiger partial charge on any atom is 0.251 e. The van der Waals surface area contributed by atoms with Gasteiger partial charge < -0.3 is 14.8 Å². The van der Waals surface area contributed by atoms with Gasteiger partial charge in [0.05, 0.1) is 30.3 Å². The fourth-order valence-electron chi connectivity index (χ4n) is 2.76. The number of fused-ring (bicyclic) bond motifs is 1. The summed E-state index contributed by atoms with van der Waals surface area (Å²) in [5, 5.41) is 2.84. The minimum atomic E-state index is -3.06. The summed E-state index contributed by atoms with van der Waals surface area (Å²) in [7, 11) is -3.06. The normalized spacial score (nSPS) is 26.2. The number of rotatable bonds is 2. The summed E-state index contributed by atoms with van der Waals surface area (Å²) >= 11 is 0.